The van der Waals surface area contributed by atoms with Crippen LogP contribution in [0.2, 0.25) is 0 Å². The molecule has 160 valence electrons. The molecule has 1 aromatic heterocycles. The van der Waals surface area contributed by atoms with Crippen LogP contribution in [0.5, 0.6) is 5.75 Å². The molecule has 4 rings (SSSR count). The summed E-state index contributed by atoms with van der Waals surface area (Å²) in [4.78, 5) is 18.0. The molecule has 0 radical (unpaired) electrons. The Balaban J connectivity index is 1.72. The van der Waals surface area contributed by atoms with Gasteiger partial charge in [-0.2, -0.15) is 0 Å². The highest BCUT2D eigenvalue weighted by Crippen LogP contribution is 2.38. The molecule has 0 saturated heterocycles. The summed E-state index contributed by atoms with van der Waals surface area (Å²) < 4.78 is 8.57. The second-order valence-electron chi connectivity index (χ2n) is 8.59. The van der Waals surface area contributed by atoms with Crippen LogP contribution >= 0.6 is 15.9 Å². The van der Waals surface area contributed by atoms with Gasteiger partial charge in [-0.1, -0.05) is 47.1 Å². The smallest absolute Gasteiger partial charge is 0.369 e. The summed E-state index contributed by atoms with van der Waals surface area (Å²) in [5.41, 5.74) is 5.57. The van der Waals surface area contributed by atoms with Crippen LogP contribution in [0, 0.1) is 12.3 Å². The molecule has 1 aliphatic rings. The highest BCUT2D eigenvalue weighted by atomic mass is 79.9. The monoisotopic (exact) mass is 480 g/mol. The van der Waals surface area contributed by atoms with E-state index in [1.807, 2.05) is 18.2 Å². The number of fused-ring (bicyclic) bond motifs is 1. The van der Waals surface area contributed by atoms with Crippen LogP contribution in [0.4, 0.5) is 0 Å². The Morgan fingerprint density at radius 1 is 1.10 bits per heavy atom. The van der Waals surface area contributed by atoms with Crippen molar-refractivity contribution >= 4 is 27.6 Å². The van der Waals surface area contributed by atoms with Crippen molar-refractivity contribution in [2.24, 2.45) is 10.6 Å². The van der Waals surface area contributed by atoms with Crippen molar-refractivity contribution in [2.45, 2.75) is 33.6 Å². The van der Waals surface area contributed by atoms with E-state index in [9.17, 15) is 4.79 Å². The Bertz CT molecular complexity index is 1160. The lowest BCUT2D eigenvalue weighted by molar-refractivity contribution is 0.0510. The van der Waals surface area contributed by atoms with Crippen LogP contribution in [-0.2, 0) is 11.3 Å². The van der Waals surface area contributed by atoms with Gasteiger partial charge in [-0.05, 0) is 67.6 Å². The summed E-state index contributed by atoms with van der Waals surface area (Å²) in [6.07, 6.45) is 1.63. The lowest BCUT2D eigenvalue weighted by Crippen LogP contribution is -2.28. The molecule has 1 heterocycles. The summed E-state index contributed by atoms with van der Waals surface area (Å²) in [6.45, 7) is 6.51. The second kappa shape index (κ2) is 8.35. The van der Waals surface area contributed by atoms with Gasteiger partial charge < -0.3 is 14.1 Å². The third-order valence-corrected chi connectivity index (χ3v) is 6.07. The number of hydrogen-bond acceptors (Lipinski definition) is 4. The minimum Gasteiger partial charge on any atom is -0.496 e. The van der Waals surface area contributed by atoms with E-state index in [-0.39, 0.29) is 5.41 Å². The van der Waals surface area contributed by atoms with Gasteiger partial charge in [0.25, 0.3) is 0 Å². The second-order valence-corrected chi connectivity index (χ2v) is 9.51. The number of ether oxygens (including phenoxy) is 1. The van der Waals surface area contributed by atoms with E-state index in [1.165, 1.54) is 12.8 Å². The van der Waals surface area contributed by atoms with Crippen LogP contribution in [0.3, 0.4) is 0 Å². The molecule has 0 atom stereocenters. The molecule has 31 heavy (non-hydrogen) atoms. The van der Waals surface area contributed by atoms with Crippen molar-refractivity contribution in [1.82, 2.24) is 4.57 Å². The van der Waals surface area contributed by atoms with Crippen LogP contribution in [0.25, 0.3) is 5.69 Å². The lowest BCUT2D eigenvalue weighted by atomic mass is 9.76. The highest BCUT2D eigenvalue weighted by Gasteiger charge is 2.34. The summed E-state index contributed by atoms with van der Waals surface area (Å²) in [5.74, 6) is -0.0615. The molecule has 0 saturated carbocycles. The number of hydrogen-bond donors (Lipinski definition) is 0. The molecule has 0 amide bonds. The third-order valence-electron chi connectivity index (χ3n) is 5.54. The van der Waals surface area contributed by atoms with Gasteiger partial charge in [-0.3, -0.25) is 0 Å². The number of oxime groups is 1. The van der Waals surface area contributed by atoms with Gasteiger partial charge in [0.1, 0.15) is 11.3 Å². The number of carbonyl (C=O) groups is 1. The SMILES string of the molecule is COc1ccccc1C(=O)O/N=C1\CC(C)(C)Cc2c1cc(C)n2-c1ccc(Br)cc1. The number of rotatable bonds is 4. The van der Waals surface area contributed by atoms with Crippen LogP contribution in [0.15, 0.2) is 64.2 Å². The van der Waals surface area contributed by atoms with Gasteiger partial charge in [0, 0.05) is 27.1 Å². The van der Waals surface area contributed by atoms with Crippen LogP contribution in [0.1, 0.15) is 47.6 Å². The summed E-state index contributed by atoms with van der Waals surface area (Å²) >= 11 is 3.51. The summed E-state index contributed by atoms with van der Waals surface area (Å²) in [7, 11) is 1.53. The van der Waals surface area contributed by atoms with Gasteiger partial charge in [-0.25, -0.2) is 4.79 Å². The van der Waals surface area contributed by atoms with E-state index in [0.29, 0.717) is 11.3 Å². The number of nitrogens with zero attached hydrogens (tertiary/aromatic N) is 2. The van der Waals surface area contributed by atoms with Crippen molar-refractivity contribution in [3.05, 3.63) is 81.6 Å². The van der Waals surface area contributed by atoms with Gasteiger partial charge >= 0.3 is 5.97 Å². The van der Waals surface area contributed by atoms with E-state index >= 15 is 0 Å². The molecule has 0 fully saturated rings. The topological polar surface area (TPSA) is 52.8 Å². The van der Waals surface area contributed by atoms with Crippen molar-refractivity contribution in [1.29, 1.82) is 0 Å². The van der Waals surface area contributed by atoms with Gasteiger partial charge in [0.05, 0.1) is 12.8 Å². The largest absolute Gasteiger partial charge is 0.496 e. The average molecular weight is 481 g/mol. The normalized spacial score (nSPS) is 16.1. The Hall–Kier alpha value is -2.86. The number of methoxy groups -OCH3 is 1. The first-order valence-corrected chi connectivity index (χ1v) is 11.0. The molecule has 0 aliphatic heterocycles. The zero-order valence-corrected chi connectivity index (χ0v) is 19.7. The molecule has 0 spiro atoms. The molecule has 6 heteroatoms. The molecule has 5 nitrogen and oxygen atoms in total. The minimum atomic E-state index is -0.529. The molecule has 0 N–H and O–H groups in total. The van der Waals surface area contributed by atoms with Crippen molar-refractivity contribution in [3.63, 3.8) is 0 Å². The number of halogens is 1. The zero-order chi connectivity index (χ0) is 22.2. The molecular weight excluding hydrogens is 456 g/mol. The number of aromatic nitrogens is 1. The first-order valence-electron chi connectivity index (χ1n) is 10.2. The first kappa shape index (κ1) is 21.4. The van der Waals surface area contributed by atoms with Crippen molar-refractivity contribution in [2.75, 3.05) is 7.11 Å². The Labute approximate surface area is 190 Å². The minimum absolute atomic E-state index is 0.0133. The van der Waals surface area contributed by atoms with Gasteiger partial charge in [0.15, 0.2) is 0 Å². The maximum Gasteiger partial charge on any atom is 0.369 e. The fraction of sp³-hybridized carbons (Fsp3) is 0.280. The fourth-order valence-electron chi connectivity index (χ4n) is 4.17. The van der Waals surface area contributed by atoms with E-state index in [4.69, 9.17) is 9.57 Å². The number of para-hydroxylation sites is 1. The van der Waals surface area contributed by atoms with E-state index in [2.05, 4.69) is 64.6 Å². The van der Waals surface area contributed by atoms with E-state index in [0.717, 1.165) is 40.0 Å². The quantitative estimate of drug-likeness (QED) is 0.335. The Morgan fingerprint density at radius 3 is 2.52 bits per heavy atom. The van der Waals surface area contributed by atoms with E-state index < -0.39 is 5.97 Å². The fourth-order valence-corrected chi connectivity index (χ4v) is 4.43. The molecule has 3 aromatic rings. The molecule has 0 bridgehead atoms. The molecular formula is C25H25BrN2O3. The summed E-state index contributed by atoms with van der Waals surface area (Å²) in [5, 5.41) is 4.32. The zero-order valence-electron chi connectivity index (χ0n) is 18.1. The molecule has 0 unspecified atom stereocenters. The van der Waals surface area contributed by atoms with E-state index in [1.54, 1.807) is 18.2 Å². The molecule has 1 aliphatic carbocycles. The number of benzene rings is 2. The predicted octanol–water partition coefficient (Wildman–Crippen LogP) is 6.09. The van der Waals surface area contributed by atoms with Gasteiger partial charge in [0.2, 0.25) is 0 Å². The number of aryl methyl sites for hydroxylation is 1. The maximum absolute atomic E-state index is 12.6. The van der Waals surface area contributed by atoms with Crippen LogP contribution < -0.4 is 4.74 Å². The Morgan fingerprint density at radius 2 is 1.81 bits per heavy atom. The predicted molar refractivity (Wildman–Crippen MR) is 125 cm³/mol. The molecule has 2 aromatic carbocycles. The lowest BCUT2D eigenvalue weighted by Gasteiger charge is -2.31. The third kappa shape index (κ3) is 4.30. The highest BCUT2D eigenvalue weighted by molar-refractivity contribution is 9.10. The standard InChI is InChI=1S/C25H25BrN2O3/c1-16-13-20-21(27-31-24(29)19-7-5-6-8-23(19)30-4)14-25(2,3)15-22(20)28(16)18-11-9-17(26)10-12-18/h5-13H,14-15H2,1-4H3/b27-21+. The van der Waals surface area contributed by atoms with Crippen molar-refractivity contribution < 1.29 is 14.4 Å². The van der Waals surface area contributed by atoms with Gasteiger partial charge in [-0.15, -0.1) is 0 Å². The number of carbonyl (C=O) groups excluding carboxylic acids is 1. The van der Waals surface area contributed by atoms with Crippen LogP contribution in [-0.4, -0.2) is 23.4 Å². The summed E-state index contributed by atoms with van der Waals surface area (Å²) in [6, 6.07) is 17.4. The maximum atomic E-state index is 12.6. The average Bonchev–Trinajstić information content (AvgIpc) is 3.07. The Kier molecular flexibility index (Phi) is 5.75. The van der Waals surface area contributed by atoms with Crippen molar-refractivity contribution in [3.8, 4) is 11.4 Å². The first-order chi connectivity index (χ1) is 14.8.